The van der Waals surface area contributed by atoms with Crippen molar-refractivity contribution in [2.75, 3.05) is 11.5 Å². The standard InChI is InChI=1S/C9H12N2O2S/c1-6-3-8(12)10(2)9(13)11(6)7-4-14-5-7/h3,7H,4-5H2,1-2H3. The van der Waals surface area contributed by atoms with E-state index in [9.17, 15) is 9.59 Å². The van der Waals surface area contributed by atoms with Crippen LogP contribution in [0, 0.1) is 6.92 Å². The van der Waals surface area contributed by atoms with E-state index in [-0.39, 0.29) is 17.3 Å². The summed E-state index contributed by atoms with van der Waals surface area (Å²) < 4.78 is 2.88. The molecule has 1 aromatic rings. The van der Waals surface area contributed by atoms with E-state index in [1.54, 1.807) is 4.57 Å². The van der Waals surface area contributed by atoms with Gasteiger partial charge in [0.15, 0.2) is 0 Å². The van der Waals surface area contributed by atoms with Crippen LogP contribution in [0.3, 0.4) is 0 Å². The molecule has 1 fully saturated rings. The van der Waals surface area contributed by atoms with Crippen molar-refractivity contribution in [3.8, 4) is 0 Å². The molecule has 14 heavy (non-hydrogen) atoms. The Kier molecular flexibility index (Phi) is 2.26. The van der Waals surface area contributed by atoms with Gasteiger partial charge in [-0.15, -0.1) is 0 Å². The Bertz CT molecular complexity index is 471. The van der Waals surface area contributed by atoms with Crippen LogP contribution in [-0.2, 0) is 7.05 Å². The predicted octanol–water partition coefficient (Wildman–Crippen LogP) is 0.143. The van der Waals surface area contributed by atoms with Crippen molar-refractivity contribution in [1.82, 2.24) is 9.13 Å². The molecule has 0 bridgehead atoms. The highest BCUT2D eigenvalue weighted by Gasteiger charge is 2.23. The predicted molar refractivity (Wildman–Crippen MR) is 57.0 cm³/mol. The molecule has 2 rings (SSSR count). The van der Waals surface area contributed by atoms with Gasteiger partial charge in [0.05, 0.1) is 6.04 Å². The number of hydrogen-bond donors (Lipinski definition) is 0. The van der Waals surface area contributed by atoms with Crippen LogP contribution in [0.1, 0.15) is 11.7 Å². The first kappa shape index (κ1) is 9.58. The smallest absolute Gasteiger partial charge is 0.293 e. The van der Waals surface area contributed by atoms with Gasteiger partial charge in [0.1, 0.15) is 0 Å². The van der Waals surface area contributed by atoms with Crippen LogP contribution in [-0.4, -0.2) is 20.6 Å². The van der Waals surface area contributed by atoms with Gasteiger partial charge in [-0.25, -0.2) is 4.79 Å². The summed E-state index contributed by atoms with van der Waals surface area (Å²) in [6.45, 7) is 1.81. The molecule has 76 valence electrons. The van der Waals surface area contributed by atoms with Crippen molar-refractivity contribution >= 4 is 11.8 Å². The van der Waals surface area contributed by atoms with Gasteiger partial charge in [0, 0.05) is 30.3 Å². The van der Waals surface area contributed by atoms with Gasteiger partial charge < -0.3 is 0 Å². The fourth-order valence-electron chi connectivity index (χ4n) is 1.57. The van der Waals surface area contributed by atoms with Crippen molar-refractivity contribution in [2.45, 2.75) is 13.0 Å². The van der Waals surface area contributed by atoms with Crippen LogP contribution in [0.5, 0.6) is 0 Å². The maximum Gasteiger partial charge on any atom is 0.331 e. The molecule has 0 aliphatic carbocycles. The fourth-order valence-corrected chi connectivity index (χ4v) is 2.31. The highest BCUT2D eigenvalue weighted by molar-refractivity contribution is 8.00. The van der Waals surface area contributed by atoms with Crippen LogP contribution in [0.4, 0.5) is 0 Å². The maximum atomic E-state index is 11.8. The van der Waals surface area contributed by atoms with E-state index in [4.69, 9.17) is 0 Å². The second-order valence-corrected chi connectivity index (χ2v) is 4.60. The fraction of sp³-hybridized carbons (Fsp3) is 0.556. The molecule has 0 N–H and O–H groups in total. The molecule has 0 spiro atoms. The molecule has 1 aliphatic rings. The highest BCUT2D eigenvalue weighted by atomic mass is 32.2. The molecule has 1 aromatic heterocycles. The number of nitrogens with zero attached hydrogens (tertiary/aromatic N) is 2. The summed E-state index contributed by atoms with van der Waals surface area (Å²) in [5.41, 5.74) is 0.347. The summed E-state index contributed by atoms with van der Waals surface area (Å²) in [4.78, 5) is 23.0. The van der Waals surface area contributed by atoms with Gasteiger partial charge >= 0.3 is 5.69 Å². The molecule has 0 aromatic carbocycles. The monoisotopic (exact) mass is 212 g/mol. The van der Waals surface area contributed by atoms with E-state index < -0.39 is 0 Å². The molecule has 1 saturated heterocycles. The number of thioether (sulfide) groups is 1. The molecular formula is C9H12N2O2S. The van der Waals surface area contributed by atoms with Gasteiger partial charge in [0.2, 0.25) is 0 Å². The van der Waals surface area contributed by atoms with Crippen molar-refractivity contribution in [3.05, 3.63) is 32.6 Å². The average Bonchev–Trinajstić information content (AvgIpc) is 2.05. The molecule has 2 heterocycles. The Morgan fingerprint density at radius 2 is 2.07 bits per heavy atom. The third-order valence-electron chi connectivity index (χ3n) is 2.52. The van der Waals surface area contributed by atoms with Crippen molar-refractivity contribution < 1.29 is 0 Å². The minimum atomic E-state index is -0.226. The van der Waals surface area contributed by atoms with Crippen LogP contribution in [0.2, 0.25) is 0 Å². The number of rotatable bonds is 1. The summed E-state index contributed by atoms with van der Waals surface area (Å²) in [7, 11) is 1.52. The Morgan fingerprint density at radius 1 is 1.43 bits per heavy atom. The lowest BCUT2D eigenvalue weighted by atomic mass is 10.3. The van der Waals surface area contributed by atoms with E-state index in [0.717, 1.165) is 21.8 Å². The Labute approximate surface area is 85.6 Å². The third-order valence-corrected chi connectivity index (χ3v) is 3.76. The molecule has 5 heteroatoms. The SMILES string of the molecule is Cc1cc(=O)n(C)c(=O)n1C1CSC1. The molecule has 0 unspecified atom stereocenters. The molecule has 0 atom stereocenters. The van der Waals surface area contributed by atoms with E-state index >= 15 is 0 Å². The topological polar surface area (TPSA) is 44.0 Å². The second kappa shape index (κ2) is 3.31. The van der Waals surface area contributed by atoms with Gasteiger partial charge in [-0.2, -0.15) is 11.8 Å². The highest BCUT2D eigenvalue weighted by Crippen LogP contribution is 2.28. The minimum Gasteiger partial charge on any atom is -0.293 e. The van der Waals surface area contributed by atoms with Gasteiger partial charge in [-0.1, -0.05) is 0 Å². The van der Waals surface area contributed by atoms with Crippen molar-refractivity contribution in [2.24, 2.45) is 7.05 Å². The second-order valence-electron chi connectivity index (χ2n) is 3.53. The largest absolute Gasteiger partial charge is 0.331 e. The maximum absolute atomic E-state index is 11.8. The van der Waals surface area contributed by atoms with E-state index in [1.807, 2.05) is 18.7 Å². The average molecular weight is 212 g/mol. The summed E-state index contributed by atoms with van der Waals surface area (Å²) in [5, 5.41) is 0. The zero-order valence-corrected chi connectivity index (χ0v) is 9.00. The quantitative estimate of drug-likeness (QED) is 0.665. The molecule has 1 aliphatic heterocycles. The zero-order chi connectivity index (χ0) is 10.3. The van der Waals surface area contributed by atoms with Crippen LogP contribution in [0.15, 0.2) is 15.7 Å². The van der Waals surface area contributed by atoms with Crippen LogP contribution >= 0.6 is 11.8 Å². The number of aryl methyl sites for hydroxylation is 1. The van der Waals surface area contributed by atoms with Gasteiger partial charge in [0.25, 0.3) is 5.56 Å². The summed E-state index contributed by atoms with van der Waals surface area (Å²) in [6.07, 6.45) is 0. The van der Waals surface area contributed by atoms with Crippen LogP contribution in [0.25, 0.3) is 0 Å². The lowest BCUT2D eigenvalue weighted by Gasteiger charge is -2.28. The first-order chi connectivity index (χ1) is 6.61. The minimum absolute atomic E-state index is 0.194. The van der Waals surface area contributed by atoms with Crippen LogP contribution < -0.4 is 11.2 Å². The zero-order valence-electron chi connectivity index (χ0n) is 8.19. The molecule has 0 saturated carbocycles. The third kappa shape index (κ3) is 1.32. The van der Waals surface area contributed by atoms with Gasteiger partial charge in [-0.3, -0.25) is 13.9 Å². The van der Waals surface area contributed by atoms with E-state index in [2.05, 4.69) is 0 Å². The lowest BCUT2D eigenvalue weighted by molar-refractivity contribution is 0.514. The number of hydrogen-bond acceptors (Lipinski definition) is 3. The molecule has 0 amide bonds. The summed E-state index contributed by atoms with van der Waals surface area (Å²) in [6, 6.07) is 1.80. The Hall–Kier alpha value is -0.970. The first-order valence-electron chi connectivity index (χ1n) is 4.48. The summed E-state index contributed by atoms with van der Waals surface area (Å²) in [5.74, 6) is 1.94. The van der Waals surface area contributed by atoms with Crippen molar-refractivity contribution in [3.63, 3.8) is 0 Å². The molecular weight excluding hydrogens is 200 g/mol. The molecule has 0 radical (unpaired) electrons. The summed E-state index contributed by atoms with van der Waals surface area (Å²) >= 11 is 1.82. The normalized spacial score (nSPS) is 16.7. The molecule has 4 nitrogen and oxygen atoms in total. The Morgan fingerprint density at radius 3 is 2.57 bits per heavy atom. The van der Waals surface area contributed by atoms with Gasteiger partial charge in [-0.05, 0) is 6.92 Å². The lowest BCUT2D eigenvalue weighted by Crippen LogP contribution is -2.43. The van der Waals surface area contributed by atoms with Crippen molar-refractivity contribution in [1.29, 1.82) is 0 Å². The van der Waals surface area contributed by atoms with E-state index in [0.29, 0.717) is 0 Å². The Balaban J connectivity index is 2.64. The first-order valence-corrected chi connectivity index (χ1v) is 5.63. The number of aromatic nitrogens is 2. The van der Waals surface area contributed by atoms with E-state index in [1.165, 1.54) is 13.1 Å².